The molecule has 3 rings (SSSR count). The highest BCUT2D eigenvalue weighted by Crippen LogP contribution is 2.48. The van der Waals surface area contributed by atoms with Crippen LogP contribution in [-0.4, -0.2) is 35.2 Å². The molecule has 25 heavy (non-hydrogen) atoms. The summed E-state index contributed by atoms with van der Waals surface area (Å²) in [5, 5.41) is 24.0. The Labute approximate surface area is 145 Å². The third-order valence-corrected chi connectivity index (χ3v) is 5.32. The summed E-state index contributed by atoms with van der Waals surface area (Å²) in [6.45, 7) is 1.61. The van der Waals surface area contributed by atoms with E-state index in [-0.39, 0.29) is 18.4 Å². The van der Waals surface area contributed by atoms with Crippen LogP contribution < -0.4 is 5.32 Å². The van der Waals surface area contributed by atoms with Crippen molar-refractivity contribution in [1.29, 1.82) is 0 Å². The van der Waals surface area contributed by atoms with Crippen LogP contribution in [0.1, 0.15) is 36.8 Å². The van der Waals surface area contributed by atoms with Gasteiger partial charge < -0.3 is 15.5 Å². The standard InChI is InChI=1S/C19H23F2NO3/c20-18(21)8-5-15(12-18)19(25,17(23)24)16-4-2-1-3-14(16)11-13-6-9-22-10-7-13/h1-4,6,15,22,25H,5,7-12H2,(H,23,24)/t15-,19-/m1/s1. The first-order chi connectivity index (χ1) is 11.8. The zero-order valence-electron chi connectivity index (χ0n) is 14.0. The highest BCUT2D eigenvalue weighted by molar-refractivity contribution is 5.80. The summed E-state index contributed by atoms with van der Waals surface area (Å²) >= 11 is 0. The number of carboxylic acids is 1. The number of aliphatic hydroxyl groups is 1. The Hall–Kier alpha value is -1.79. The molecule has 0 bridgehead atoms. The highest BCUT2D eigenvalue weighted by atomic mass is 19.3. The second-order valence-electron chi connectivity index (χ2n) is 7.02. The first-order valence-electron chi connectivity index (χ1n) is 8.63. The molecule has 2 atom stereocenters. The van der Waals surface area contributed by atoms with Crippen LogP contribution in [-0.2, 0) is 16.8 Å². The Morgan fingerprint density at radius 2 is 2.12 bits per heavy atom. The lowest BCUT2D eigenvalue weighted by atomic mass is 9.77. The topological polar surface area (TPSA) is 69.6 Å². The van der Waals surface area contributed by atoms with Crippen molar-refractivity contribution in [2.45, 2.75) is 43.6 Å². The quantitative estimate of drug-likeness (QED) is 0.714. The number of halogens is 2. The first kappa shape index (κ1) is 18.0. The van der Waals surface area contributed by atoms with Gasteiger partial charge in [-0.15, -0.1) is 0 Å². The number of hydrogen-bond acceptors (Lipinski definition) is 3. The van der Waals surface area contributed by atoms with E-state index >= 15 is 0 Å². The van der Waals surface area contributed by atoms with Crippen molar-refractivity contribution < 1.29 is 23.8 Å². The fraction of sp³-hybridized carbons (Fsp3) is 0.526. The van der Waals surface area contributed by atoms with Gasteiger partial charge in [-0.2, -0.15) is 0 Å². The van der Waals surface area contributed by atoms with Gasteiger partial charge in [-0.3, -0.25) is 0 Å². The van der Waals surface area contributed by atoms with Gasteiger partial charge in [0.15, 0.2) is 5.60 Å². The molecule has 0 unspecified atom stereocenters. The molecule has 1 aliphatic carbocycles. The molecule has 0 saturated heterocycles. The summed E-state index contributed by atoms with van der Waals surface area (Å²) in [6, 6.07) is 6.77. The molecule has 1 aliphatic heterocycles. The third kappa shape index (κ3) is 3.60. The summed E-state index contributed by atoms with van der Waals surface area (Å²) in [4.78, 5) is 11.9. The maximum atomic E-state index is 13.7. The number of rotatable bonds is 5. The number of hydrogen-bond donors (Lipinski definition) is 3. The molecule has 0 radical (unpaired) electrons. The van der Waals surface area contributed by atoms with E-state index < -0.39 is 29.8 Å². The van der Waals surface area contributed by atoms with Crippen LogP contribution in [0.3, 0.4) is 0 Å². The lowest BCUT2D eigenvalue weighted by molar-refractivity contribution is -0.167. The Kier molecular flexibility index (Phi) is 4.93. The molecule has 2 aliphatic rings. The lowest BCUT2D eigenvalue weighted by Crippen LogP contribution is -2.43. The number of carbonyl (C=O) groups is 1. The molecule has 136 valence electrons. The van der Waals surface area contributed by atoms with Crippen LogP contribution in [0.15, 0.2) is 35.9 Å². The minimum absolute atomic E-state index is 0.00322. The Bertz CT molecular complexity index is 689. The predicted molar refractivity (Wildman–Crippen MR) is 89.5 cm³/mol. The normalized spacial score (nSPS) is 25.2. The molecule has 0 aromatic heterocycles. The zero-order chi connectivity index (χ0) is 18.1. The molecule has 1 fully saturated rings. The van der Waals surface area contributed by atoms with Crippen molar-refractivity contribution in [3.05, 3.63) is 47.0 Å². The van der Waals surface area contributed by atoms with Crippen molar-refractivity contribution in [2.24, 2.45) is 5.92 Å². The number of aliphatic carboxylic acids is 1. The number of alkyl halides is 2. The number of benzene rings is 1. The Morgan fingerprint density at radius 1 is 1.36 bits per heavy atom. The van der Waals surface area contributed by atoms with E-state index in [0.717, 1.165) is 25.1 Å². The Balaban J connectivity index is 1.97. The van der Waals surface area contributed by atoms with Crippen molar-refractivity contribution >= 4 is 5.97 Å². The molecule has 0 amide bonds. The average molecular weight is 351 g/mol. The van der Waals surface area contributed by atoms with Gasteiger partial charge in [-0.05, 0) is 36.9 Å². The SMILES string of the molecule is O=C(O)[C@](O)(c1ccccc1CC1=CCNCC1)[C@@H]1CCC(F)(F)C1. The van der Waals surface area contributed by atoms with Crippen LogP contribution in [0.2, 0.25) is 0 Å². The second-order valence-corrected chi connectivity index (χ2v) is 7.02. The van der Waals surface area contributed by atoms with Gasteiger partial charge in [0.25, 0.3) is 0 Å². The van der Waals surface area contributed by atoms with Gasteiger partial charge in [0.05, 0.1) is 0 Å². The molecule has 1 heterocycles. The van der Waals surface area contributed by atoms with Crippen LogP contribution in [0.25, 0.3) is 0 Å². The summed E-state index contributed by atoms with van der Waals surface area (Å²) in [7, 11) is 0. The lowest BCUT2D eigenvalue weighted by Gasteiger charge is -2.32. The van der Waals surface area contributed by atoms with E-state index in [1.807, 2.05) is 0 Å². The minimum Gasteiger partial charge on any atom is -0.479 e. The van der Waals surface area contributed by atoms with Crippen LogP contribution >= 0.6 is 0 Å². The average Bonchev–Trinajstić information content (AvgIpc) is 2.96. The fourth-order valence-corrected chi connectivity index (χ4v) is 3.94. The molecule has 6 heteroatoms. The van der Waals surface area contributed by atoms with Crippen molar-refractivity contribution in [3.8, 4) is 0 Å². The van der Waals surface area contributed by atoms with E-state index in [2.05, 4.69) is 11.4 Å². The largest absolute Gasteiger partial charge is 0.479 e. The van der Waals surface area contributed by atoms with Crippen LogP contribution in [0.5, 0.6) is 0 Å². The van der Waals surface area contributed by atoms with E-state index in [1.165, 1.54) is 0 Å². The summed E-state index contributed by atoms with van der Waals surface area (Å²) < 4.78 is 27.3. The maximum absolute atomic E-state index is 13.7. The van der Waals surface area contributed by atoms with Gasteiger partial charge in [0, 0.05) is 25.3 Å². The van der Waals surface area contributed by atoms with E-state index in [9.17, 15) is 23.8 Å². The summed E-state index contributed by atoms with van der Waals surface area (Å²) in [5.74, 6) is -5.37. The molecule has 4 nitrogen and oxygen atoms in total. The maximum Gasteiger partial charge on any atom is 0.340 e. The smallest absolute Gasteiger partial charge is 0.340 e. The van der Waals surface area contributed by atoms with Gasteiger partial charge >= 0.3 is 5.97 Å². The molecule has 1 saturated carbocycles. The van der Waals surface area contributed by atoms with E-state index in [4.69, 9.17) is 0 Å². The van der Waals surface area contributed by atoms with Crippen molar-refractivity contribution in [3.63, 3.8) is 0 Å². The monoisotopic (exact) mass is 351 g/mol. The van der Waals surface area contributed by atoms with Crippen LogP contribution in [0, 0.1) is 5.92 Å². The highest BCUT2D eigenvalue weighted by Gasteiger charge is 2.54. The van der Waals surface area contributed by atoms with Crippen LogP contribution in [0.4, 0.5) is 8.78 Å². The third-order valence-electron chi connectivity index (χ3n) is 5.32. The molecular formula is C19H23F2NO3. The van der Waals surface area contributed by atoms with Gasteiger partial charge in [0.2, 0.25) is 5.92 Å². The Morgan fingerprint density at radius 3 is 2.72 bits per heavy atom. The molecule has 1 aromatic rings. The number of carboxylic acid groups (broad SMARTS) is 1. The fourth-order valence-electron chi connectivity index (χ4n) is 3.94. The van der Waals surface area contributed by atoms with Crippen molar-refractivity contribution in [1.82, 2.24) is 5.32 Å². The second kappa shape index (κ2) is 6.84. The minimum atomic E-state index is -2.92. The molecular weight excluding hydrogens is 328 g/mol. The molecule has 0 spiro atoms. The van der Waals surface area contributed by atoms with Crippen molar-refractivity contribution in [2.75, 3.05) is 13.1 Å². The predicted octanol–water partition coefficient (Wildman–Crippen LogP) is 2.86. The van der Waals surface area contributed by atoms with Gasteiger partial charge in [0.1, 0.15) is 0 Å². The van der Waals surface area contributed by atoms with E-state index in [0.29, 0.717) is 12.0 Å². The molecule has 3 N–H and O–H groups in total. The number of nitrogens with one attached hydrogen (secondary N) is 1. The summed E-state index contributed by atoms with van der Waals surface area (Å²) in [5.41, 5.74) is -0.194. The van der Waals surface area contributed by atoms with Gasteiger partial charge in [-0.1, -0.05) is 35.9 Å². The molecule has 1 aromatic carbocycles. The van der Waals surface area contributed by atoms with Gasteiger partial charge in [-0.25, -0.2) is 13.6 Å². The summed E-state index contributed by atoms with van der Waals surface area (Å²) in [6.07, 6.45) is 2.45. The first-order valence-corrected chi connectivity index (χ1v) is 8.63. The zero-order valence-corrected chi connectivity index (χ0v) is 14.0. The van der Waals surface area contributed by atoms with E-state index in [1.54, 1.807) is 24.3 Å².